The van der Waals surface area contributed by atoms with Crippen LogP contribution in [0, 0.1) is 20.8 Å². The van der Waals surface area contributed by atoms with Crippen molar-refractivity contribution in [1.82, 2.24) is 4.98 Å². The molecule has 0 aliphatic heterocycles. The first kappa shape index (κ1) is 14.4. The average Bonchev–Trinajstić information content (AvgIpc) is 2.75. The summed E-state index contributed by atoms with van der Waals surface area (Å²) < 4.78 is 0. The number of hydrogen-bond donors (Lipinski definition) is 2. The van der Waals surface area contributed by atoms with Crippen LogP contribution in [0.5, 0.6) is 0 Å². The smallest absolute Gasteiger partial charge is 0.228 e. The highest BCUT2D eigenvalue weighted by Gasteiger charge is 2.12. The molecule has 0 saturated carbocycles. The fourth-order valence-corrected chi connectivity index (χ4v) is 2.81. The van der Waals surface area contributed by atoms with Gasteiger partial charge in [-0.15, -0.1) is 0 Å². The number of fused-ring (bicyclic) bond motifs is 1. The highest BCUT2D eigenvalue weighted by atomic mass is 16.1. The molecular weight excluding hydrogens is 272 g/mol. The quantitative estimate of drug-likeness (QED) is 0.743. The maximum Gasteiger partial charge on any atom is 0.228 e. The van der Waals surface area contributed by atoms with E-state index in [4.69, 9.17) is 0 Å². The molecule has 1 heterocycles. The average molecular weight is 292 g/mol. The van der Waals surface area contributed by atoms with Crippen molar-refractivity contribution in [2.75, 3.05) is 5.32 Å². The first-order valence-corrected chi connectivity index (χ1v) is 7.47. The van der Waals surface area contributed by atoms with Crippen LogP contribution in [0.3, 0.4) is 0 Å². The van der Waals surface area contributed by atoms with Gasteiger partial charge in [0.15, 0.2) is 0 Å². The molecule has 3 rings (SSSR count). The second-order valence-corrected chi connectivity index (χ2v) is 5.87. The van der Waals surface area contributed by atoms with Crippen molar-refractivity contribution in [2.24, 2.45) is 0 Å². The standard InChI is InChI=1S/C19H20N2O/c1-12-5-4-6-15(9-12)21-19(22)11-16-14(3)20-18-8-7-13(2)10-17(16)18/h4-10,20H,11H2,1-3H3,(H,21,22). The Kier molecular flexibility index (Phi) is 3.72. The molecule has 0 saturated heterocycles. The number of carbonyl (C=O) groups excluding carboxylic acids is 1. The summed E-state index contributed by atoms with van der Waals surface area (Å²) in [5.41, 5.74) is 6.40. The Labute approximate surface area is 130 Å². The van der Waals surface area contributed by atoms with Crippen LogP contribution in [0.4, 0.5) is 5.69 Å². The fourth-order valence-electron chi connectivity index (χ4n) is 2.81. The second-order valence-electron chi connectivity index (χ2n) is 5.87. The number of benzene rings is 2. The SMILES string of the molecule is Cc1cccc(NC(=O)Cc2c(C)[nH]c3ccc(C)cc23)c1. The van der Waals surface area contributed by atoms with Crippen LogP contribution >= 0.6 is 0 Å². The lowest BCUT2D eigenvalue weighted by Gasteiger charge is -2.06. The third-order valence-electron chi connectivity index (χ3n) is 3.91. The fraction of sp³-hybridized carbons (Fsp3) is 0.211. The number of anilines is 1. The van der Waals surface area contributed by atoms with Crippen LogP contribution < -0.4 is 5.32 Å². The van der Waals surface area contributed by atoms with Crippen LogP contribution in [0.25, 0.3) is 10.9 Å². The number of aromatic amines is 1. The molecule has 3 nitrogen and oxygen atoms in total. The Balaban J connectivity index is 1.85. The van der Waals surface area contributed by atoms with E-state index in [1.54, 1.807) is 0 Å². The Morgan fingerprint density at radius 3 is 2.59 bits per heavy atom. The molecule has 112 valence electrons. The number of aryl methyl sites for hydroxylation is 3. The highest BCUT2D eigenvalue weighted by Crippen LogP contribution is 2.24. The van der Waals surface area contributed by atoms with Crippen LogP contribution in [-0.2, 0) is 11.2 Å². The molecule has 0 spiro atoms. The van der Waals surface area contributed by atoms with Crippen LogP contribution in [-0.4, -0.2) is 10.9 Å². The van der Waals surface area contributed by atoms with Gasteiger partial charge < -0.3 is 10.3 Å². The van der Waals surface area contributed by atoms with Crippen molar-refractivity contribution < 1.29 is 4.79 Å². The summed E-state index contributed by atoms with van der Waals surface area (Å²) in [6, 6.07) is 14.1. The van der Waals surface area contributed by atoms with Crippen molar-refractivity contribution in [3.63, 3.8) is 0 Å². The summed E-state index contributed by atoms with van der Waals surface area (Å²) in [5.74, 6) is 0.0103. The summed E-state index contributed by atoms with van der Waals surface area (Å²) in [6.45, 7) is 6.10. The summed E-state index contributed by atoms with van der Waals surface area (Å²) >= 11 is 0. The van der Waals surface area contributed by atoms with Gasteiger partial charge in [-0.3, -0.25) is 4.79 Å². The molecule has 0 unspecified atom stereocenters. The van der Waals surface area contributed by atoms with E-state index in [1.165, 1.54) is 5.56 Å². The first-order valence-electron chi connectivity index (χ1n) is 7.47. The molecule has 1 amide bonds. The lowest BCUT2D eigenvalue weighted by atomic mass is 10.1. The van der Waals surface area contributed by atoms with E-state index in [0.717, 1.165) is 33.4 Å². The van der Waals surface area contributed by atoms with Gasteiger partial charge in [0.25, 0.3) is 0 Å². The number of hydrogen-bond acceptors (Lipinski definition) is 1. The van der Waals surface area contributed by atoms with Crippen molar-refractivity contribution in [3.05, 3.63) is 64.8 Å². The molecule has 0 atom stereocenters. The van der Waals surface area contributed by atoms with E-state index in [0.29, 0.717) is 6.42 Å². The van der Waals surface area contributed by atoms with E-state index in [-0.39, 0.29) is 5.91 Å². The molecule has 2 aromatic carbocycles. The van der Waals surface area contributed by atoms with Gasteiger partial charge >= 0.3 is 0 Å². The predicted molar refractivity (Wildman–Crippen MR) is 91.3 cm³/mol. The van der Waals surface area contributed by atoms with E-state index in [2.05, 4.69) is 35.4 Å². The van der Waals surface area contributed by atoms with Gasteiger partial charge in [-0.05, 0) is 56.2 Å². The van der Waals surface area contributed by atoms with Gasteiger partial charge in [0.2, 0.25) is 5.91 Å². The molecule has 3 heteroatoms. The normalized spacial score (nSPS) is 10.9. The number of rotatable bonds is 3. The number of H-pyrrole nitrogens is 1. The minimum atomic E-state index is 0.0103. The second kappa shape index (κ2) is 5.68. The minimum Gasteiger partial charge on any atom is -0.358 e. The third kappa shape index (κ3) is 2.89. The van der Waals surface area contributed by atoms with E-state index in [1.807, 2.05) is 38.1 Å². The lowest BCUT2D eigenvalue weighted by molar-refractivity contribution is -0.115. The summed E-state index contributed by atoms with van der Waals surface area (Å²) in [5, 5.41) is 4.11. The minimum absolute atomic E-state index is 0.0103. The van der Waals surface area contributed by atoms with Crippen molar-refractivity contribution in [2.45, 2.75) is 27.2 Å². The predicted octanol–water partition coefficient (Wildman–Crippen LogP) is 4.27. The van der Waals surface area contributed by atoms with Crippen molar-refractivity contribution >= 4 is 22.5 Å². The van der Waals surface area contributed by atoms with E-state index < -0.39 is 0 Å². The van der Waals surface area contributed by atoms with Gasteiger partial charge in [-0.25, -0.2) is 0 Å². The Morgan fingerprint density at radius 2 is 1.82 bits per heavy atom. The van der Waals surface area contributed by atoms with Crippen LogP contribution in [0.1, 0.15) is 22.4 Å². The number of carbonyl (C=O) groups is 1. The zero-order valence-electron chi connectivity index (χ0n) is 13.2. The maximum absolute atomic E-state index is 12.3. The number of nitrogens with one attached hydrogen (secondary N) is 2. The van der Waals surface area contributed by atoms with Gasteiger partial charge in [0.05, 0.1) is 6.42 Å². The van der Waals surface area contributed by atoms with Gasteiger partial charge in [0.1, 0.15) is 0 Å². The molecule has 0 fully saturated rings. The van der Waals surface area contributed by atoms with Gasteiger partial charge in [-0.1, -0.05) is 23.8 Å². The van der Waals surface area contributed by atoms with Crippen LogP contribution in [0.15, 0.2) is 42.5 Å². The van der Waals surface area contributed by atoms with Crippen molar-refractivity contribution in [3.8, 4) is 0 Å². The first-order chi connectivity index (χ1) is 10.5. The summed E-state index contributed by atoms with van der Waals surface area (Å²) in [7, 11) is 0. The van der Waals surface area contributed by atoms with E-state index in [9.17, 15) is 4.79 Å². The Morgan fingerprint density at radius 1 is 1.05 bits per heavy atom. The molecular formula is C19H20N2O. The largest absolute Gasteiger partial charge is 0.358 e. The van der Waals surface area contributed by atoms with Crippen molar-refractivity contribution in [1.29, 1.82) is 0 Å². The lowest BCUT2D eigenvalue weighted by Crippen LogP contribution is -2.14. The number of amides is 1. The molecule has 0 aliphatic rings. The third-order valence-corrected chi connectivity index (χ3v) is 3.91. The summed E-state index contributed by atoms with van der Waals surface area (Å²) in [4.78, 5) is 15.7. The Hall–Kier alpha value is -2.55. The topological polar surface area (TPSA) is 44.9 Å². The van der Waals surface area contributed by atoms with Crippen LogP contribution in [0.2, 0.25) is 0 Å². The molecule has 0 radical (unpaired) electrons. The van der Waals surface area contributed by atoms with Gasteiger partial charge in [-0.2, -0.15) is 0 Å². The monoisotopic (exact) mass is 292 g/mol. The molecule has 2 N–H and O–H groups in total. The Bertz CT molecular complexity index is 846. The zero-order valence-corrected chi connectivity index (χ0v) is 13.2. The maximum atomic E-state index is 12.3. The molecule has 0 bridgehead atoms. The zero-order chi connectivity index (χ0) is 15.7. The summed E-state index contributed by atoms with van der Waals surface area (Å²) in [6.07, 6.45) is 0.378. The van der Waals surface area contributed by atoms with E-state index >= 15 is 0 Å². The number of aromatic nitrogens is 1. The molecule has 22 heavy (non-hydrogen) atoms. The molecule has 0 aliphatic carbocycles. The molecule has 1 aromatic heterocycles. The molecule has 3 aromatic rings. The highest BCUT2D eigenvalue weighted by molar-refractivity contribution is 5.96. The van der Waals surface area contributed by atoms with Gasteiger partial charge in [0, 0.05) is 22.3 Å².